The number of likely N-dealkylation sites (tertiary alicyclic amines) is 1. The maximum absolute atomic E-state index is 12.0. The molecule has 2 aromatic carbocycles. The molecule has 0 saturated carbocycles. The topological polar surface area (TPSA) is 85.2 Å². The van der Waals surface area contributed by atoms with Crippen molar-refractivity contribution in [2.75, 3.05) is 11.9 Å². The molecule has 0 aliphatic carbocycles. The molecule has 1 aliphatic heterocycles. The number of hydrogen-bond donors (Lipinski definition) is 2. The molecule has 2 N–H and O–H groups in total. The first-order valence-corrected chi connectivity index (χ1v) is 8.54. The molecular weight excluding hydrogens is 328 g/mol. The number of benzene rings is 2. The van der Waals surface area contributed by atoms with Crippen LogP contribution in [0.5, 0.6) is 0 Å². The van der Waals surface area contributed by atoms with E-state index >= 15 is 0 Å². The van der Waals surface area contributed by atoms with E-state index in [0.29, 0.717) is 30.8 Å². The summed E-state index contributed by atoms with van der Waals surface area (Å²) in [6.45, 7) is 1.87. The van der Waals surface area contributed by atoms with Crippen molar-refractivity contribution < 1.29 is 9.59 Å². The third-order valence-electron chi connectivity index (χ3n) is 4.27. The molecule has 2 aromatic rings. The second-order valence-corrected chi connectivity index (χ2v) is 6.24. The number of nitrogens with zero attached hydrogens (tertiary/aromatic N) is 2. The molecule has 0 bridgehead atoms. The molecule has 1 saturated heterocycles. The van der Waals surface area contributed by atoms with E-state index < -0.39 is 0 Å². The Bertz CT molecular complexity index is 840. The van der Waals surface area contributed by atoms with Crippen molar-refractivity contribution in [3.05, 3.63) is 65.2 Å². The lowest BCUT2D eigenvalue weighted by atomic mass is 10.1. The largest absolute Gasteiger partial charge is 0.338 e. The van der Waals surface area contributed by atoms with Crippen molar-refractivity contribution in [3.8, 4) is 6.07 Å². The molecule has 0 aromatic heterocycles. The van der Waals surface area contributed by atoms with Crippen LogP contribution in [0.1, 0.15) is 29.5 Å². The maximum Gasteiger partial charge on any atom is 0.319 e. The lowest BCUT2D eigenvalue weighted by Crippen LogP contribution is -2.28. The van der Waals surface area contributed by atoms with Gasteiger partial charge in [-0.2, -0.15) is 5.26 Å². The highest BCUT2D eigenvalue weighted by molar-refractivity contribution is 5.89. The van der Waals surface area contributed by atoms with Crippen molar-refractivity contribution in [1.82, 2.24) is 10.2 Å². The van der Waals surface area contributed by atoms with E-state index in [1.807, 2.05) is 35.2 Å². The summed E-state index contributed by atoms with van der Waals surface area (Å²) in [5, 5.41) is 14.4. The highest BCUT2D eigenvalue weighted by atomic mass is 16.2. The Labute approximate surface area is 152 Å². The minimum Gasteiger partial charge on any atom is -0.338 e. The zero-order valence-electron chi connectivity index (χ0n) is 14.4. The van der Waals surface area contributed by atoms with Gasteiger partial charge in [0.05, 0.1) is 11.6 Å². The number of carbonyl (C=O) groups is 2. The number of nitrogens with one attached hydrogen (secondary N) is 2. The summed E-state index contributed by atoms with van der Waals surface area (Å²) in [7, 11) is 0. The van der Waals surface area contributed by atoms with Crippen LogP contribution < -0.4 is 10.6 Å². The molecule has 3 amide bonds. The second kappa shape index (κ2) is 8.17. The van der Waals surface area contributed by atoms with Gasteiger partial charge in [-0.1, -0.05) is 30.3 Å². The molecule has 0 spiro atoms. The fraction of sp³-hybridized carbons (Fsp3) is 0.250. The third kappa shape index (κ3) is 4.61. The van der Waals surface area contributed by atoms with Crippen molar-refractivity contribution in [3.63, 3.8) is 0 Å². The second-order valence-electron chi connectivity index (χ2n) is 6.24. The minimum absolute atomic E-state index is 0.216. The lowest BCUT2D eigenvalue weighted by molar-refractivity contribution is -0.128. The van der Waals surface area contributed by atoms with E-state index in [1.54, 1.807) is 24.3 Å². The first-order chi connectivity index (χ1) is 12.6. The molecule has 0 unspecified atom stereocenters. The van der Waals surface area contributed by atoms with E-state index in [9.17, 15) is 9.59 Å². The molecule has 1 heterocycles. The molecule has 1 aliphatic rings. The molecular formula is C20H20N4O2. The van der Waals surface area contributed by atoms with Crippen LogP contribution in [0.25, 0.3) is 0 Å². The predicted molar refractivity (Wildman–Crippen MR) is 98.1 cm³/mol. The van der Waals surface area contributed by atoms with Gasteiger partial charge in [0.25, 0.3) is 0 Å². The zero-order valence-corrected chi connectivity index (χ0v) is 14.4. The highest BCUT2D eigenvalue weighted by Crippen LogP contribution is 2.15. The molecule has 3 rings (SSSR count). The van der Waals surface area contributed by atoms with Gasteiger partial charge in [0, 0.05) is 31.7 Å². The van der Waals surface area contributed by atoms with E-state index in [-0.39, 0.29) is 11.9 Å². The molecule has 0 atom stereocenters. The first-order valence-electron chi connectivity index (χ1n) is 8.54. The molecule has 26 heavy (non-hydrogen) atoms. The van der Waals surface area contributed by atoms with Gasteiger partial charge in [-0.15, -0.1) is 0 Å². The van der Waals surface area contributed by atoms with Crippen LogP contribution >= 0.6 is 0 Å². The SMILES string of the molecule is N#Cc1cccc(NC(=O)NCc2ccc(CN3CCCC3=O)cc2)c1. The summed E-state index contributed by atoms with van der Waals surface area (Å²) in [5.41, 5.74) is 3.13. The number of urea groups is 1. The molecule has 6 nitrogen and oxygen atoms in total. The number of carbonyl (C=O) groups excluding carboxylic acids is 2. The van der Waals surface area contributed by atoms with Crippen LogP contribution in [-0.2, 0) is 17.9 Å². The number of nitriles is 1. The summed E-state index contributed by atoms with van der Waals surface area (Å²) in [5.74, 6) is 0.216. The van der Waals surface area contributed by atoms with Crippen molar-refractivity contribution in [2.45, 2.75) is 25.9 Å². The van der Waals surface area contributed by atoms with Crippen LogP contribution in [0, 0.1) is 11.3 Å². The van der Waals surface area contributed by atoms with Gasteiger partial charge in [-0.25, -0.2) is 4.79 Å². The van der Waals surface area contributed by atoms with Gasteiger partial charge in [-0.3, -0.25) is 4.79 Å². The summed E-state index contributed by atoms with van der Waals surface area (Å²) in [6.07, 6.45) is 1.58. The van der Waals surface area contributed by atoms with Crippen molar-refractivity contribution in [1.29, 1.82) is 5.26 Å². The van der Waals surface area contributed by atoms with Gasteiger partial charge in [0.15, 0.2) is 0 Å². The molecule has 132 valence electrons. The quantitative estimate of drug-likeness (QED) is 0.871. The van der Waals surface area contributed by atoms with Gasteiger partial charge >= 0.3 is 6.03 Å². The van der Waals surface area contributed by atoms with Crippen molar-refractivity contribution in [2.24, 2.45) is 0 Å². The average Bonchev–Trinajstić information content (AvgIpc) is 3.06. The normalized spacial score (nSPS) is 13.3. The Balaban J connectivity index is 1.49. The standard InChI is InChI=1S/C20H20N4O2/c21-12-17-3-1-4-18(11-17)23-20(26)22-13-15-6-8-16(9-7-15)14-24-10-2-5-19(24)25/h1,3-4,6-9,11H,2,5,10,13-14H2,(H2,22,23,26). The van der Waals surface area contributed by atoms with E-state index in [1.165, 1.54) is 0 Å². The van der Waals surface area contributed by atoms with Crippen LogP contribution in [-0.4, -0.2) is 23.4 Å². The number of anilines is 1. The Morgan fingerprint density at radius 3 is 2.62 bits per heavy atom. The number of rotatable bonds is 5. The van der Waals surface area contributed by atoms with Gasteiger partial charge in [0.1, 0.15) is 0 Å². The van der Waals surface area contributed by atoms with Crippen LogP contribution in [0.3, 0.4) is 0 Å². The monoisotopic (exact) mass is 348 g/mol. The van der Waals surface area contributed by atoms with Crippen molar-refractivity contribution >= 4 is 17.6 Å². The molecule has 0 radical (unpaired) electrons. The van der Waals surface area contributed by atoms with Gasteiger partial charge < -0.3 is 15.5 Å². The summed E-state index contributed by atoms with van der Waals surface area (Å²) in [6, 6.07) is 16.3. The first kappa shape index (κ1) is 17.5. The number of hydrogen-bond acceptors (Lipinski definition) is 3. The Hall–Kier alpha value is -3.33. The molecule has 1 fully saturated rings. The van der Waals surface area contributed by atoms with Gasteiger partial charge in [0.2, 0.25) is 5.91 Å². The third-order valence-corrected chi connectivity index (χ3v) is 4.27. The van der Waals surface area contributed by atoms with Crippen LogP contribution in [0.4, 0.5) is 10.5 Å². The summed E-state index contributed by atoms with van der Waals surface area (Å²) in [4.78, 5) is 25.5. The van der Waals surface area contributed by atoms with Crippen LogP contribution in [0.2, 0.25) is 0 Å². The van der Waals surface area contributed by atoms with Crippen LogP contribution in [0.15, 0.2) is 48.5 Å². The zero-order chi connectivity index (χ0) is 18.4. The summed E-state index contributed by atoms with van der Waals surface area (Å²) >= 11 is 0. The van der Waals surface area contributed by atoms with Gasteiger partial charge in [-0.05, 0) is 35.7 Å². The minimum atomic E-state index is -0.327. The number of amides is 3. The smallest absolute Gasteiger partial charge is 0.319 e. The van der Waals surface area contributed by atoms with E-state index in [2.05, 4.69) is 10.6 Å². The van der Waals surface area contributed by atoms with E-state index in [0.717, 1.165) is 24.1 Å². The highest BCUT2D eigenvalue weighted by Gasteiger charge is 2.19. The lowest BCUT2D eigenvalue weighted by Gasteiger charge is -2.15. The maximum atomic E-state index is 12.0. The summed E-state index contributed by atoms with van der Waals surface area (Å²) < 4.78 is 0. The Kier molecular flexibility index (Phi) is 5.49. The fourth-order valence-corrected chi connectivity index (χ4v) is 2.88. The predicted octanol–water partition coefficient (Wildman–Crippen LogP) is 3.00. The fourth-order valence-electron chi connectivity index (χ4n) is 2.88. The molecule has 6 heteroatoms. The average molecular weight is 348 g/mol. The Morgan fingerprint density at radius 1 is 1.15 bits per heavy atom. The van der Waals surface area contributed by atoms with E-state index in [4.69, 9.17) is 5.26 Å². The Morgan fingerprint density at radius 2 is 1.92 bits per heavy atom.